The highest BCUT2D eigenvalue weighted by atomic mass is 32.1. The lowest BCUT2D eigenvalue weighted by Crippen LogP contribution is -2.29. The zero-order valence-corrected chi connectivity index (χ0v) is 27.6. The summed E-state index contributed by atoms with van der Waals surface area (Å²) in [6.07, 6.45) is 1.45. The molecule has 49 heavy (non-hydrogen) atoms. The van der Waals surface area contributed by atoms with E-state index in [1.807, 2.05) is 55.5 Å². The summed E-state index contributed by atoms with van der Waals surface area (Å²) < 4.78 is 17.3. The molecule has 1 fully saturated rings. The number of aliphatic hydroxyl groups is 1. The molecular weight excluding hydrogens is 641 g/mol. The number of aromatic nitrogens is 1. The van der Waals surface area contributed by atoms with Gasteiger partial charge in [-0.15, -0.1) is 0 Å². The SMILES string of the molecule is C=CCOC(=O)c1sc(N2C(=O)C(=O)C(=C(O)c3ccc(OCc4ccccc4)c(C)c3)C2c2cccc(Oc3ccccc3)c2)nc1C. The summed E-state index contributed by atoms with van der Waals surface area (Å²) in [6, 6.07) is 29.8. The Morgan fingerprint density at radius 3 is 2.37 bits per heavy atom. The molecule has 0 bridgehead atoms. The maximum Gasteiger partial charge on any atom is 0.350 e. The fraction of sp³-hybridized carbons (Fsp3) is 0.128. The van der Waals surface area contributed by atoms with Crippen LogP contribution in [0, 0.1) is 13.8 Å². The lowest BCUT2D eigenvalue weighted by Gasteiger charge is -2.23. The van der Waals surface area contributed by atoms with Crippen molar-refractivity contribution in [2.45, 2.75) is 26.5 Å². The molecule has 1 aliphatic rings. The van der Waals surface area contributed by atoms with Crippen LogP contribution in [0.5, 0.6) is 17.2 Å². The minimum Gasteiger partial charge on any atom is -0.507 e. The molecule has 0 saturated carbocycles. The van der Waals surface area contributed by atoms with Crippen LogP contribution in [-0.4, -0.2) is 34.4 Å². The zero-order valence-electron chi connectivity index (χ0n) is 26.8. The first-order valence-corrected chi connectivity index (χ1v) is 16.2. The number of Topliss-reactive ketones (excluding diaryl/α,β-unsaturated/α-hetero) is 1. The lowest BCUT2D eigenvalue weighted by molar-refractivity contribution is -0.132. The van der Waals surface area contributed by atoms with E-state index in [-0.39, 0.29) is 27.9 Å². The molecule has 246 valence electrons. The third-order valence-electron chi connectivity index (χ3n) is 7.79. The number of carbonyl (C=O) groups is 3. The molecule has 1 atom stereocenters. The highest BCUT2D eigenvalue weighted by Gasteiger charge is 2.48. The van der Waals surface area contributed by atoms with E-state index in [1.165, 1.54) is 11.0 Å². The van der Waals surface area contributed by atoms with Gasteiger partial charge in [0.1, 0.15) is 41.1 Å². The number of amides is 1. The minimum absolute atomic E-state index is 0.000269. The van der Waals surface area contributed by atoms with Gasteiger partial charge in [0, 0.05) is 5.56 Å². The van der Waals surface area contributed by atoms with Gasteiger partial charge in [-0.25, -0.2) is 9.78 Å². The van der Waals surface area contributed by atoms with Gasteiger partial charge in [-0.3, -0.25) is 14.5 Å². The maximum atomic E-state index is 13.9. The Bertz CT molecular complexity index is 2070. The van der Waals surface area contributed by atoms with Crippen molar-refractivity contribution in [3.63, 3.8) is 0 Å². The number of nitrogens with zero attached hydrogens (tertiary/aromatic N) is 2. The van der Waals surface area contributed by atoms with Crippen LogP contribution in [0.4, 0.5) is 5.13 Å². The lowest BCUT2D eigenvalue weighted by atomic mass is 9.94. The molecule has 5 aromatic rings. The topological polar surface area (TPSA) is 115 Å². The number of thiazole rings is 1. The van der Waals surface area contributed by atoms with E-state index in [0.29, 0.717) is 40.7 Å². The summed E-state index contributed by atoms with van der Waals surface area (Å²) >= 11 is 0.925. The fourth-order valence-electron chi connectivity index (χ4n) is 5.44. The predicted molar refractivity (Wildman–Crippen MR) is 187 cm³/mol. The average molecular weight is 673 g/mol. The third kappa shape index (κ3) is 7.00. The van der Waals surface area contributed by atoms with Crippen LogP contribution in [-0.2, 0) is 20.9 Å². The quantitative estimate of drug-likeness (QED) is 0.0492. The Balaban J connectivity index is 1.42. The number of hydrogen-bond acceptors (Lipinski definition) is 9. The summed E-state index contributed by atoms with van der Waals surface area (Å²) in [5, 5.41) is 11.9. The number of aryl methyl sites for hydroxylation is 2. The molecule has 6 rings (SSSR count). The van der Waals surface area contributed by atoms with E-state index in [9.17, 15) is 19.5 Å². The van der Waals surface area contributed by atoms with Crippen molar-refractivity contribution in [3.05, 3.63) is 154 Å². The first-order chi connectivity index (χ1) is 23.7. The van der Waals surface area contributed by atoms with Crippen LogP contribution in [0.25, 0.3) is 5.76 Å². The number of aliphatic hydroxyl groups excluding tert-OH is 1. The number of hydrogen-bond donors (Lipinski definition) is 1. The maximum absolute atomic E-state index is 13.9. The second-order valence-corrected chi connectivity index (χ2v) is 12.2. The van der Waals surface area contributed by atoms with Gasteiger partial charge in [0.05, 0.1) is 17.3 Å². The average Bonchev–Trinajstić information content (AvgIpc) is 3.63. The van der Waals surface area contributed by atoms with Crippen LogP contribution in [0.1, 0.15) is 43.7 Å². The van der Waals surface area contributed by atoms with Crippen LogP contribution in [0.15, 0.2) is 121 Å². The molecule has 1 N–H and O–H groups in total. The van der Waals surface area contributed by atoms with Crippen LogP contribution in [0.2, 0.25) is 0 Å². The summed E-state index contributed by atoms with van der Waals surface area (Å²) in [5.74, 6) is -1.14. The second-order valence-electron chi connectivity index (χ2n) is 11.2. The number of ether oxygens (including phenoxy) is 3. The normalized spacial score (nSPS) is 15.2. The van der Waals surface area contributed by atoms with Crippen molar-refractivity contribution >= 4 is 39.9 Å². The number of esters is 1. The van der Waals surface area contributed by atoms with E-state index < -0.39 is 23.7 Å². The fourth-order valence-corrected chi connectivity index (χ4v) is 6.43. The van der Waals surface area contributed by atoms with Gasteiger partial charge in [-0.1, -0.05) is 84.7 Å². The number of benzene rings is 4. The first-order valence-electron chi connectivity index (χ1n) is 15.4. The van der Waals surface area contributed by atoms with E-state index in [4.69, 9.17) is 14.2 Å². The van der Waals surface area contributed by atoms with Gasteiger partial charge >= 0.3 is 11.9 Å². The van der Waals surface area contributed by atoms with Crippen molar-refractivity contribution in [3.8, 4) is 17.2 Å². The molecule has 1 unspecified atom stereocenters. The monoisotopic (exact) mass is 672 g/mol. The molecule has 0 spiro atoms. The Morgan fingerprint density at radius 2 is 1.65 bits per heavy atom. The van der Waals surface area contributed by atoms with E-state index in [0.717, 1.165) is 22.5 Å². The molecule has 1 aromatic heterocycles. The molecule has 1 amide bonds. The number of para-hydroxylation sites is 1. The van der Waals surface area contributed by atoms with Gasteiger partial charge in [0.25, 0.3) is 5.78 Å². The van der Waals surface area contributed by atoms with Crippen molar-refractivity contribution in [2.24, 2.45) is 0 Å². The summed E-state index contributed by atoms with van der Waals surface area (Å²) in [5.41, 5.74) is 2.73. The first kappa shape index (κ1) is 32.9. The highest BCUT2D eigenvalue weighted by Crippen LogP contribution is 2.45. The number of anilines is 1. The van der Waals surface area contributed by atoms with Crippen molar-refractivity contribution in [1.29, 1.82) is 0 Å². The summed E-state index contributed by atoms with van der Waals surface area (Å²) in [7, 11) is 0. The smallest absolute Gasteiger partial charge is 0.350 e. The molecule has 0 radical (unpaired) electrons. The molecule has 2 heterocycles. The molecule has 0 aliphatic carbocycles. The van der Waals surface area contributed by atoms with Gasteiger partial charge < -0.3 is 19.3 Å². The Morgan fingerprint density at radius 1 is 0.939 bits per heavy atom. The van der Waals surface area contributed by atoms with Crippen LogP contribution < -0.4 is 14.4 Å². The summed E-state index contributed by atoms with van der Waals surface area (Å²) in [6.45, 7) is 7.38. The van der Waals surface area contributed by atoms with Gasteiger partial charge in [-0.2, -0.15) is 0 Å². The number of ketones is 1. The number of rotatable bonds is 11. The van der Waals surface area contributed by atoms with Gasteiger partial charge in [0.15, 0.2) is 5.13 Å². The minimum atomic E-state index is -1.10. The van der Waals surface area contributed by atoms with Crippen molar-refractivity contribution in [1.82, 2.24) is 4.98 Å². The van der Waals surface area contributed by atoms with Crippen LogP contribution >= 0.6 is 11.3 Å². The molecule has 9 nitrogen and oxygen atoms in total. The Kier molecular flexibility index (Phi) is 9.68. The third-order valence-corrected chi connectivity index (χ3v) is 8.93. The highest BCUT2D eigenvalue weighted by molar-refractivity contribution is 7.17. The van der Waals surface area contributed by atoms with E-state index in [1.54, 1.807) is 61.5 Å². The molecule has 1 saturated heterocycles. The Labute approximate surface area is 287 Å². The van der Waals surface area contributed by atoms with Crippen molar-refractivity contribution in [2.75, 3.05) is 11.5 Å². The molecular formula is C39H32N2O7S. The van der Waals surface area contributed by atoms with E-state index >= 15 is 0 Å². The molecule has 10 heteroatoms. The predicted octanol–water partition coefficient (Wildman–Crippen LogP) is 8.10. The largest absolute Gasteiger partial charge is 0.507 e. The van der Waals surface area contributed by atoms with Gasteiger partial charge in [0.2, 0.25) is 0 Å². The second kappa shape index (κ2) is 14.4. The number of carbonyl (C=O) groups excluding carboxylic acids is 3. The summed E-state index contributed by atoms with van der Waals surface area (Å²) in [4.78, 5) is 46.3. The Hall–Kier alpha value is -6.00. The van der Waals surface area contributed by atoms with E-state index in [2.05, 4.69) is 11.6 Å². The standard InChI is InChI=1S/C39H32N2O7S/c1-4-20-46-38(45)36-25(3)40-39(49-36)41-33(27-14-11-17-30(22-27)48-29-15-9-6-10-16-29)32(35(43)37(41)44)34(42)28-18-19-31(24(2)21-28)47-23-26-12-7-5-8-13-26/h4-19,21-22,33,42H,1,20,23H2,2-3H3. The molecule has 4 aromatic carbocycles. The van der Waals surface area contributed by atoms with Crippen LogP contribution in [0.3, 0.4) is 0 Å². The van der Waals surface area contributed by atoms with Crippen molar-refractivity contribution < 1.29 is 33.7 Å². The zero-order chi connectivity index (χ0) is 34.5. The van der Waals surface area contributed by atoms with Gasteiger partial charge in [-0.05, 0) is 73.0 Å². The molecule has 1 aliphatic heterocycles.